The molecule has 3 nitrogen and oxygen atoms in total. The van der Waals surface area contributed by atoms with Gasteiger partial charge in [0.15, 0.2) is 0 Å². The van der Waals surface area contributed by atoms with Crippen molar-refractivity contribution in [3.8, 4) is 39.1 Å². The van der Waals surface area contributed by atoms with E-state index in [4.69, 9.17) is 4.42 Å². The molecule has 0 atom stereocenters. The first-order valence-electron chi connectivity index (χ1n) is 22.2. The van der Waals surface area contributed by atoms with E-state index >= 15 is 0 Å². The third-order valence-corrected chi connectivity index (χ3v) is 13.8. The van der Waals surface area contributed by atoms with Crippen molar-refractivity contribution in [3.63, 3.8) is 0 Å². The molecule has 0 amide bonds. The molecule has 10 aromatic carbocycles. The molecule has 0 unspecified atom stereocenters. The van der Waals surface area contributed by atoms with Gasteiger partial charge in [0, 0.05) is 49.6 Å². The fourth-order valence-corrected chi connectivity index (χ4v) is 10.7. The van der Waals surface area contributed by atoms with E-state index in [9.17, 15) is 0 Å². The number of hydrogen-bond acceptors (Lipinski definition) is 2. The molecule has 13 rings (SSSR count). The van der Waals surface area contributed by atoms with Gasteiger partial charge < -0.3 is 13.9 Å². The number of aromatic nitrogens is 1. The van der Waals surface area contributed by atoms with Crippen molar-refractivity contribution in [2.75, 3.05) is 4.90 Å². The van der Waals surface area contributed by atoms with Crippen LogP contribution >= 0.6 is 0 Å². The van der Waals surface area contributed by atoms with E-state index in [2.05, 4.69) is 242 Å². The highest BCUT2D eigenvalue weighted by molar-refractivity contribution is 6.27. The number of anilines is 3. The van der Waals surface area contributed by atoms with Crippen LogP contribution in [0.4, 0.5) is 17.1 Å². The lowest BCUT2D eigenvalue weighted by Crippen LogP contribution is -2.16. The second-order valence-electron chi connectivity index (χ2n) is 17.7. The van der Waals surface area contributed by atoms with Crippen molar-refractivity contribution in [3.05, 3.63) is 230 Å². The number of rotatable bonds is 6. The third-order valence-electron chi connectivity index (χ3n) is 13.8. The van der Waals surface area contributed by atoms with Gasteiger partial charge in [0.1, 0.15) is 11.2 Å². The Kier molecular flexibility index (Phi) is 7.95. The average molecular weight is 819 g/mol. The van der Waals surface area contributed by atoms with Gasteiger partial charge in [0.25, 0.3) is 0 Å². The second kappa shape index (κ2) is 13.9. The van der Waals surface area contributed by atoms with Gasteiger partial charge in [-0.15, -0.1) is 0 Å². The molecule has 0 N–H and O–H groups in total. The molecule has 64 heavy (non-hydrogen) atoms. The van der Waals surface area contributed by atoms with Crippen LogP contribution in [0.3, 0.4) is 0 Å². The number of para-hydroxylation sites is 2. The number of fused-ring (bicyclic) bond motifs is 11. The largest absolute Gasteiger partial charge is 0.455 e. The van der Waals surface area contributed by atoms with Gasteiger partial charge in [-0.05, 0) is 105 Å². The van der Waals surface area contributed by atoms with E-state index in [1.807, 2.05) is 0 Å². The highest BCUT2D eigenvalue weighted by Crippen LogP contribution is 2.51. The third kappa shape index (κ3) is 5.41. The molecule has 2 heterocycles. The van der Waals surface area contributed by atoms with Crippen LogP contribution in [0.2, 0.25) is 0 Å². The van der Waals surface area contributed by atoms with Crippen molar-refractivity contribution >= 4 is 71.6 Å². The molecule has 2 aromatic heterocycles. The summed E-state index contributed by atoms with van der Waals surface area (Å²) in [6, 6.07) is 79.5. The van der Waals surface area contributed by atoms with Crippen LogP contribution in [0, 0.1) is 0 Å². The monoisotopic (exact) mass is 818 g/mol. The van der Waals surface area contributed by atoms with Gasteiger partial charge in [-0.25, -0.2) is 0 Å². The Hall–Kier alpha value is -8.14. The van der Waals surface area contributed by atoms with Crippen molar-refractivity contribution < 1.29 is 4.42 Å². The summed E-state index contributed by atoms with van der Waals surface area (Å²) < 4.78 is 9.41. The minimum atomic E-state index is -0.123. The Morgan fingerprint density at radius 1 is 0.422 bits per heavy atom. The summed E-state index contributed by atoms with van der Waals surface area (Å²) in [4.78, 5) is 2.40. The summed E-state index contributed by atoms with van der Waals surface area (Å²) in [5.41, 5.74) is 18.4. The van der Waals surface area contributed by atoms with Crippen LogP contribution in [-0.4, -0.2) is 4.57 Å². The summed E-state index contributed by atoms with van der Waals surface area (Å²) in [5.74, 6) is 0. The lowest BCUT2D eigenvalue weighted by atomic mass is 9.82. The minimum Gasteiger partial charge on any atom is -0.455 e. The van der Waals surface area contributed by atoms with E-state index in [1.54, 1.807) is 0 Å². The molecule has 0 bridgehead atoms. The predicted molar refractivity (Wildman–Crippen MR) is 269 cm³/mol. The van der Waals surface area contributed by atoms with Crippen molar-refractivity contribution in [2.24, 2.45) is 0 Å². The summed E-state index contributed by atoms with van der Waals surface area (Å²) in [5, 5.41) is 7.07. The lowest BCUT2D eigenvalue weighted by Gasteiger charge is -2.28. The Bertz CT molecular complexity index is 3790. The average Bonchev–Trinajstić information content (AvgIpc) is 3.97. The highest BCUT2D eigenvalue weighted by Gasteiger charge is 2.36. The van der Waals surface area contributed by atoms with Crippen LogP contribution in [0.25, 0.3) is 93.6 Å². The van der Waals surface area contributed by atoms with Gasteiger partial charge in [0.2, 0.25) is 0 Å². The van der Waals surface area contributed by atoms with Gasteiger partial charge in [-0.2, -0.15) is 0 Å². The first-order chi connectivity index (χ1) is 31.5. The molecule has 0 radical (unpaired) electrons. The Morgan fingerprint density at radius 2 is 1.03 bits per heavy atom. The molecule has 3 heteroatoms. The second-order valence-corrected chi connectivity index (χ2v) is 17.7. The number of furan rings is 1. The van der Waals surface area contributed by atoms with Crippen LogP contribution in [-0.2, 0) is 5.41 Å². The molecule has 0 aliphatic heterocycles. The first-order valence-corrected chi connectivity index (χ1v) is 22.2. The Morgan fingerprint density at radius 3 is 1.84 bits per heavy atom. The number of nitrogens with zero attached hydrogens (tertiary/aromatic N) is 2. The lowest BCUT2D eigenvalue weighted by molar-refractivity contribution is 0.660. The normalized spacial score (nSPS) is 13.0. The Labute approximate surface area is 371 Å². The van der Waals surface area contributed by atoms with Gasteiger partial charge >= 0.3 is 0 Å². The molecular formula is C61H42N2O. The Balaban J connectivity index is 1.00. The van der Waals surface area contributed by atoms with E-state index in [0.717, 1.165) is 61.3 Å². The van der Waals surface area contributed by atoms with E-state index < -0.39 is 0 Å². The summed E-state index contributed by atoms with van der Waals surface area (Å²) >= 11 is 0. The molecule has 1 aliphatic rings. The zero-order chi connectivity index (χ0) is 42.5. The quantitative estimate of drug-likeness (QED) is 0.167. The molecule has 0 fully saturated rings. The molecule has 0 spiro atoms. The van der Waals surface area contributed by atoms with Crippen LogP contribution < -0.4 is 4.90 Å². The number of benzene rings is 10. The van der Waals surface area contributed by atoms with Crippen LogP contribution in [0.15, 0.2) is 223 Å². The van der Waals surface area contributed by atoms with Crippen LogP contribution in [0.5, 0.6) is 0 Å². The maximum atomic E-state index is 6.95. The first kappa shape index (κ1) is 36.5. The van der Waals surface area contributed by atoms with Crippen LogP contribution in [0.1, 0.15) is 25.0 Å². The molecule has 12 aromatic rings. The van der Waals surface area contributed by atoms with Crippen molar-refractivity contribution in [1.82, 2.24) is 4.57 Å². The predicted octanol–water partition coefficient (Wildman–Crippen LogP) is 16.9. The fourth-order valence-electron chi connectivity index (χ4n) is 10.7. The van der Waals surface area contributed by atoms with E-state index in [0.29, 0.717) is 0 Å². The zero-order valence-corrected chi connectivity index (χ0v) is 35.6. The van der Waals surface area contributed by atoms with Crippen molar-refractivity contribution in [2.45, 2.75) is 19.3 Å². The zero-order valence-electron chi connectivity index (χ0n) is 35.6. The number of hydrogen-bond donors (Lipinski definition) is 0. The fraction of sp³-hybridized carbons (Fsp3) is 0.0492. The smallest absolute Gasteiger partial charge is 0.145 e. The topological polar surface area (TPSA) is 21.3 Å². The SMILES string of the molecule is CC1(C)c2ccccc2-c2ccc(N(c3ccc(-c4ccccc4)cc3)c3ccc(-c4cc5c6ccccc6n(-c6cccc7ccccc67)c5c5c4oc4ccccc45)cc3)cc21. The molecule has 0 saturated heterocycles. The van der Waals surface area contributed by atoms with Gasteiger partial charge in [-0.1, -0.05) is 172 Å². The maximum Gasteiger partial charge on any atom is 0.145 e. The van der Waals surface area contributed by atoms with E-state index in [-0.39, 0.29) is 5.41 Å². The standard InChI is InChI=1S/C61H42N2O/c1-61(2)53-23-11-8-20-47(53)48-36-35-45(37-54(48)61)62(43-31-27-40(28-32-43)39-15-4-3-5-16-39)44-33-29-42(30-34-44)51-38-52-49-21-9-12-24-56(49)63(55-25-14-18-41-17-6-7-19-46(41)55)59(52)58-50-22-10-13-26-57(50)64-60(51)58/h3-38H,1-2H3. The maximum absolute atomic E-state index is 6.95. The van der Waals surface area contributed by atoms with Crippen molar-refractivity contribution in [1.29, 1.82) is 0 Å². The summed E-state index contributed by atoms with van der Waals surface area (Å²) in [7, 11) is 0. The summed E-state index contributed by atoms with van der Waals surface area (Å²) in [6.07, 6.45) is 0. The van der Waals surface area contributed by atoms with Gasteiger partial charge in [0.05, 0.1) is 22.1 Å². The molecule has 0 saturated carbocycles. The molecular weight excluding hydrogens is 777 g/mol. The molecule has 302 valence electrons. The summed E-state index contributed by atoms with van der Waals surface area (Å²) in [6.45, 7) is 4.70. The van der Waals surface area contributed by atoms with Gasteiger partial charge in [-0.3, -0.25) is 0 Å². The minimum absolute atomic E-state index is 0.123. The highest BCUT2D eigenvalue weighted by atomic mass is 16.3. The molecule has 1 aliphatic carbocycles. The van der Waals surface area contributed by atoms with E-state index in [1.165, 1.54) is 60.4 Å².